The van der Waals surface area contributed by atoms with Gasteiger partial charge in [-0.2, -0.15) is 0 Å². The van der Waals surface area contributed by atoms with Crippen LogP contribution in [0, 0.1) is 5.41 Å². The number of ether oxygens (including phenoxy) is 2. The Labute approximate surface area is 121 Å². The molecule has 2 N–H and O–H groups in total. The molecule has 1 unspecified atom stereocenters. The van der Waals surface area contributed by atoms with Crippen LogP contribution in [0.25, 0.3) is 0 Å². The molecule has 0 heterocycles. The van der Waals surface area contributed by atoms with Crippen LogP contribution in [0.5, 0.6) is 5.75 Å². The number of hydrogen-bond donors (Lipinski definition) is 1. The van der Waals surface area contributed by atoms with Crippen molar-refractivity contribution in [1.29, 1.82) is 0 Å². The van der Waals surface area contributed by atoms with Crippen molar-refractivity contribution < 1.29 is 14.3 Å². The van der Waals surface area contributed by atoms with Crippen LogP contribution in [0.3, 0.4) is 0 Å². The molecule has 1 rings (SSSR count). The van der Waals surface area contributed by atoms with Gasteiger partial charge in [-0.1, -0.05) is 25.5 Å². The first kappa shape index (κ1) is 16.5. The van der Waals surface area contributed by atoms with Gasteiger partial charge in [0.15, 0.2) is 0 Å². The van der Waals surface area contributed by atoms with Crippen LogP contribution in [0.1, 0.15) is 32.3 Å². The predicted octanol–water partition coefficient (Wildman–Crippen LogP) is 2.55. The maximum atomic E-state index is 12.3. The molecule has 0 fully saturated rings. The number of methoxy groups -OCH3 is 1. The average Bonchev–Trinajstić information content (AvgIpc) is 2.47. The van der Waals surface area contributed by atoms with Gasteiger partial charge in [-0.3, -0.25) is 4.79 Å². The van der Waals surface area contributed by atoms with E-state index in [1.165, 1.54) is 0 Å². The second-order valence-electron chi connectivity index (χ2n) is 4.98. The topological polar surface area (TPSA) is 61.5 Å². The Kier molecular flexibility index (Phi) is 6.52. The molecule has 0 aliphatic rings. The molecule has 4 nitrogen and oxygen atoms in total. The van der Waals surface area contributed by atoms with Gasteiger partial charge in [-0.25, -0.2) is 0 Å². The number of hydrogen-bond acceptors (Lipinski definition) is 4. The molecular weight excluding hydrogens is 254 g/mol. The zero-order chi connectivity index (χ0) is 15.0. The standard InChI is InChI=1S/C16H25NO3/c1-4-9-16(12-17,15(18)20-5-2)11-13-7-6-8-14(10-13)19-3/h6-8,10H,4-5,9,11-12,17H2,1-3H3. The first-order valence-corrected chi connectivity index (χ1v) is 7.12. The van der Waals surface area contributed by atoms with Gasteiger partial charge in [0.2, 0.25) is 0 Å². The van der Waals surface area contributed by atoms with Crippen LogP contribution < -0.4 is 10.5 Å². The quantitative estimate of drug-likeness (QED) is 0.743. The van der Waals surface area contributed by atoms with Crippen molar-refractivity contribution in [2.45, 2.75) is 33.1 Å². The van der Waals surface area contributed by atoms with Gasteiger partial charge in [-0.05, 0) is 37.5 Å². The van der Waals surface area contributed by atoms with Gasteiger partial charge in [0, 0.05) is 6.54 Å². The number of carbonyl (C=O) groups is 1. The van der Waals surface area contributed by atoms with Crippen molar-refractivity contribution in [1.82, 2.24) is 0 Å². The van der Waals surface area contributed by atoms with E-state index in [1.54, 1.807) is 7.11 Å². The number of benzene rings is 1. The minimum Gasteiger partial charge on any atom is -0.497 e. The summed E-state index contributed by atoms with van der Waals surface area (Å²) in [5, 5.41) is 0. The molecular formula is C16H25NO3. The Morgan fingerprint density at radius 1 is 1.35 bits per heavy atom. The van der Waals surface area contributed by atoms with Gasteiger partial charge in [0.05, 0.1) is 19.1 Å². The zero-order valence-electron chi connectivity index (χ0n) is 12.6. The number of esters is 1. The molecule has 0 aliphatic carbocycles. The third-order valence-electron chi connectivity index (χ3n) is 3.50. The Morgan fingerprint density at radius 3 is 2.65 bits per heavy atom. The summed E-state index contributed by atoms with van der Waals surface area (Å²) in [7, 11) is 1.63. The lowest BCUT2D eigenvalue weighted by Gasteiger charge is -2.30. The van der Waals surface area contributed by atoms with E-state index in [1.807, 2.05) is 31.2 Å². The van der Waals surface area contributed by atoms with E-state index >= 15 is 0 Å². The molecule has 1 aromatic rings. The van der Waals surface area contributed by atoms with Gasteiger partial charge in [-0.15, -0.1) is 0 Å². The molecule has 0 amide bonds. The highest BCUT2D eigenvalue weighted by Crippen LogP contribution is 2.30. The largest absolute Gasteiger partial charge is 0.497 e. The van der Waals surface area contributed by atoms with Gasteiger partial charge in [0.1, 0.15) is 5.75 Å². The second-order valence-corrected chi connectivity index (χ2v) is 4.98. The van der Waals surface area contributed by atoms with E-state index < -0.39 is 5.41 Å². The minimum absolute atomic E-state index is 0.202. The maximum Gasteiger partial charge on any atom is 0.313 e. The molecule has 1 atom stereocenters. The smallest absolute Gasteiger partial charge is 0.313 e. The molecule has 0 aliphatic heterocycles. The molecule has 112 valence electrons. The van der Waals surface area contributed by atoms with Crippen LogP contribution in [0.2, 0.25) is 0 Å². The first-order chi connectivity index (χ1) is 9.61. The van der Waals surface area contributed by atoms with Crippen LogP contribution in [-0.4, -0.2) is 26.2 Å². The number of rotatable bonds is 8. The van der Waals surface area contributed by atoms with Gasteiger partial charge in [0.25, 0.3) is 0 Å². The maximum absolute atomic E-state index is 12.3. The van der Waals surface area contributed by atoms with E-state index in [2.05, 4.69) is 6.92 Å². The monoisotopic (exact) mass is 279 g/mol. The first-order valence-electron chi connectivity index (χ1n) is 7.12. The number of nitrogens with two attached hydrogens (primary N) is 1. The van der Waals surface area contributed by atoms with Crippen molar-refractivity contribution in [3.63, 3.8) is 0 Å². The van der Waals surface area contributed by atoms with Crippen molar-refractivity contribution in [3.8, 4) is 5.75 Å². The van der Waals surface area contributed by atoms with Gasteiger partial charge < -0.3 is 15.2 Å². The van der Waals surface area contributed by atoms with Crippen molar-refractivity contribution in [2.75, 3.05) is 20.3 Å². The molecule has 20 heavy (non-hydrogen) atoms. The Balaban J connectivity index is 3.01. The molecule has 4 heteroatoms. The zero-order valence-corrected chi connectivity index (χ0v) is 12.6. The van der Waals surface area contributed by atoms with Crippen LogP contribution in [-0.2, 0) is 16.0 Å². The summed E-state index contributed by atoms with van der Waals surface area (Å²) in [5.41, 5.74) is 6.31. The molecule has 0 aromatic heterocycles. The lowest BCUT2D eigenvalue weighted by Crippen LogP contribution is -2.42. The molecule has 0 saturated heterocycles. The van der Waals surface area contributed by atoms with Crippen molar-refractivity contribution in [2.24, 2.45) is 11.1 Å². The predicted molar refractivity (Wildman–Crippen MR) is 79.7 cm³/mol. The Morgan fingerprint density at radius 2 is 2.10 bits per heavy atom. The normalized spacial score (nSPS) is 13.6. The fourth-order valence-electron chi connectivity index (χ4n) is 2.46. The average molecular weight is 279 g/mol. The third-order valence-corrected chi connectivity index (χ3v) is 3.50. The van der Waals surface area contributed by atoms with Crippen LogP contribution >= 0.6 is 0 Å². The molecule has 0 bridgehead atoms. The van der Waals surface area contributed by atoms with E-state index in [9.17, 15) is 4.79 Å². The van der Waals surface area contributed by atoms with Crippen LogP contribution in [0.4, 0.5) is 0 Å². The lowest BCUT2D eigenvalue weighted by atomic mass is 9.78. The molecule has 0 radical (unpaired) electrons. The van der Waals surface area contributed by atoms with E-state index in [0.717, 1.165) is 24.2 Å². The highest BCUT2D eigenvalue weighted by Gasteiger charge is 2.37. The highest BCUT2D eigenvalue weighted by molar-refractivity contribution is 5.77. The van der Waals surface area contributed by atoms with Crippen molar-refractivity contribution in [3.05, 3.63) is 29.8 Å². The third kappa shape index (κ3) is 3.97. The summed E-state index contributed by atoms with van der Waals surface area (Å²) in [4.78, 5) is 12.3. The Hall–Kier alpha value is -1.55. The molecule has 1 aromatic carbocycles. The van der Waals surface area contributed by atoms with Crippen LogP contribution in [0.15, 0.2) is 24.3 Å². The van der Waals surface area contributed by atoms with Gasteiger partial charge >= 0.3 is 5.97 Å². The van der Waals surface area contributed by atoms with E-state index in [-0.39, 0.29) is 12.5 Å². The molecule has 0 spiro atoms. The summed E-state index contributed by atoms with van der Waals surface area (Å²) in [5.74, 6) is 0.584. The number of carbonyl (C=O) groups excluding carboxylic acids is 1. The SMILES string of the molecule is CCCC(CN)(Cc1cccc(OC)c1)C(=O)OCC. The fourth-order valence-corrected chi connectivity index (χ4v) is 2.46. The summed E-state index contributed by atoms with van der Waals surface area (Å²) < 4.78 is 10.5. The van der Waals surface area contributed by atoms with Crippen molar-refractivity contribution >= 4 is 5.97 Å². The van der Waals surface area contributed by atoms with E-state index in [4.69, 9.17) is 15.2 Å². The Bertz CT molecular complexity index is 433. The summed E-state index contributed by atoms with van der Waals surface area (Å²) >= 11 is 0. The summed E-state index contributed by atoms with van der Waals surface area (Å²) in [6.45, 7) is 4.53. The van der Waals surface area contributed by atoms with E-state index in [0.29, 0.717) is 13.0 Å². The second kappa shape index (κ2) is 7.90. The molecule has 0 saturated carbocycles. The lowest BCUT2D eigenvalue weighted by molar-refractivity contribution is -0.155. The minimum atomic E-state index is -0.642. The fraction of sp³-hybridized carbons (Fsp3) is 0.562. The summed E-state index contributed by atoms with van der Waals surface area (Å²) in [6.07, 6.45) is 2.19. The highest BCUT2D eigenvalue weighted by atomic mass is 16.5. The summed E-state index contributed by atoms with van der Waals surface area (Å²) in [6, 6.07) is 7.74.